The molecule has 2 amide bonds. The maximum Gasteiger partial charge on any atom is 0.287 e. The second kappa shape index (κ2) is 12.9. The first kappa shape index (κ1) is 25.4. The summed E-state index contributed by atoms with van der Waals surface area (Å²) in [4.78, 5) is 38.3. The molecule has 0 radical (unpaired) electrons. The van der Waals surface area contributed by atoms with Crippen LogP contribution in [0.15, 0.2) is 54.6 Å². The molecular formula is C27H34N2O5. The quantitative estimate of drug-likeness (QED) is 0.492. The van der Waals surface area contributed by atoms with E-state index in [1.54, 1.807) is 19.1 Å². The van der Waals surface area contributed by atoms with Crippen molar-refractivity contribution in [2.75, 3.05) is 13.7 Å². The van der Waals surface area contributed by atoms with Gasteiger partial charge in [0.1, 0.15) is 19.0 Å². The van der Waals surface area contributed by atoms with Crippen LogP contribution < -0.4 is 15.4 Å². The minimum Gasteiger partial charge on any atom is -0.489 e. The number of rotatable bonds is 11. The molecule has 2 aromatic rings. The highest BCUT2D eigenvalue weighted by atomic mass is 16.5. The zero-order valence-corrected chi connectivity index (χ0v) is 19.9. The molecule has 7 heteroatoms. The summed E-state index contributed by atoms with van der Waals surface area (Å²) in [6.07, 6.45) is 5.03. The van der Waals surface area contributed by atoms with Crippen molar-refractivity contribution in [1.29, 1.82) is 0 Å². The summed E-state index contributed by atoms with van der Waals surface area (Å²) >= 11 is 0. The van der Waals surface area contributed by atoms with Crippen molar-refractivity contribution in [3.05, 3.63) is 65.7 Å². The minimum atomic E-state index is -0.800. The van der Waals surface area contributed by atoms with Gasteiger partial charge < -0.3 is 20.1 Å². The number of para-hydroxylation sites is 1. The maximum atomic E-state index is 13.1. The molecule has 2 aromatic carbocycles. The number of carbonyl (C=O) groups excluding carboxylic acids is 3. The molecule has 0 saturated heterocycles. The van der Waals surface area contributed by atoms with Crippen LogP contribution in [0.3, 0.4) is 0 Å². The van der Waals surface area contributed by atoms with Crippen molar-refractivity contribution in [3.63, 3.8) is 0 Å². The third-order valence-electron chi connectivity index (χ3n) is 6.16. The van der Waals surface area contributed by atoms with Gasteiger partial charge in [-0.1, -0.05) is 74.7 Å². The predicted molar refractivity (Wildman–Crippen MR) is 129 cm³/mol. The standard InChI is InChI=1S/C27H34N2O5/c1-19(26(31)27(32)28-21-13-7-4-8-14-21)25(29-24(30)18-33-2)22-15-9-10-16-23(22)34-17-20-11-5-3-6-12-20/h3,5-6,9-12,15-16,19,21,25H,4,7-8,13-14,17-18H2,1-2H3,(H,28,32)(H,29,30)/t19-,25-/m0/s1. The van der Waals surface area contributed by atoms with Crippen molar-refractivity contribution in [1.82, 2.24) is 10.6 Å². The summed E-state index contributed by atoms with van der Waals surface area (Å²) in [6, 6.07) is 16.3. The number of hydrogen-bond acceptors (Lipinski definition) is 5. The van der Waals surface area contributed by atoms with E-state index in [2.05, 4.69) is 10.6 Å². The molecular weight excluding hydrogens is 432 g/mol. The topological polar surface area (TPSA) is 93.7 Å². The molecule has 0 unspecified atom stereocenters. The summed E-state index contributed by atoms with van der Waals surface area (Å²) < 4.78 is 11.0. The first-order valence-electron chi connectivity index (χ1n) is 11.9. The number of ketones is 1. The lowest BCUT2D eigenvalue weighted by atomic mass is 9.89. The summed E-state index contributed by atoms with van der Waals surface area (Å²) in [5.74, 6) is -1.80. The number of Topliss-reactive ketones (excluding diaryl/α,β-unsaturated/α-hetero) is 1. The van der Waals surface area contributed by atoms with Crippen LogP contribution in [-0.4, -0.2) is 37.4 Å². The monoisotopic (exact) mass is 466 g/mol. The Labute approximate surface area is 201 Å². The lowest BCUT2D eigenvalue weighted by molar-refractivity contribution is -0.141. The van der Waals surface area contributed by atoms with Crippen LogP contribution in [0.2, 0.25) is 0 Å². The van der Waals surface area contributed by atoms with E-state index in [-0.39, 0.29) is 18.6 Å². The molecule has 1 fully saturated rings. The normalized spacial score (nSPS) is 15.7. The Hall–Kier alpha value is -3.19. The molecule has 1 saturated carbocycles. The van der Waals surface area contributed by atoms with Crippen LogP contribution in [0.4, 0.5) is 0 Å². The summed E-state index contributed by atoms with van der Waals surface area (Å²) in [7, 11) is 1.43. The van der Waals surface area contributed by atoms with Crippen molar-refractivity contribution in [3.8, 4) is 5.75 Å². The number of amides is 2. The molecule has 34 heavy (non-hydrogen) atoms. The van der Waals surface area contributed by atoms with Crippen molar-refractivity contribution in [2.45, 2.75) is 57.7 Å². The molecule has 0 heterocycles. The molecule has 0 aromatic heterocycles. The van der Waals surface area contributed by atoms with Crippen molar-refractivity contribution in [2.24, 2.45) is 5.92 Å². The molecule has 1 aliphatic rings. The van der Waals surface area contributed by atoms with Gasteiger partial charge in [-0.15, -0.1) is 0 Å². The number of ether oxygens (including phenoxy) is 2. The van der Waals surface area contributed by atoms with Gasteiger partial charge in [-0.25, -0.2) is 0 Å². The van der Waals surface area contributed by atoms with Gasteiger partial charge in [-0.2, -0.15) is 0 Å². The van der Waals surface area contributed by atoms with E-state index in [9.17, 15) is 14.4 Å². The largest absolute Gasteiger partial charge is 0.489 e. The lowest BCUT2D eigenvalue weighted by Gasteiger charge is -2.27. The summed E-state index contributed by atoms with van der Waals surface area (Å²) in [5, 5.41) is 5.76. The zero-order chi connectivity index (χ0) is 24.3. The molecule has 182 valence electrons. The van der Waals surface area contributed by atoms with Gasteiger partial charge in [0.2, 0.25) is 11.7 Å². The van der Waals surface area contributed by atoms with E-state index in [0.717, 1.165) is 37.7 Å². The van der Waals surface area contributed by atoms with E-state index in [0.29, 0.717) is 17.9 Å². The van der Waals surface area contributed by atoms with E-state index in [4.69, 9.17) is 9.47 Å². The van der Waals surface area contributed by atoms with E-state index < -0.39 is 23.7 Å². The molecule has 0 aliphatic heterocycles. The van der Waals surface area contributed by atoms with Gasteiger partial charge in [-0.05, 0) is 24.5 Å². The fraction of sp³-hybridized carbons (Fsp3) is 0.444. The number of hydrogen-bond donors (Lipinski definition) is 2. The summed E-state index contributed by atoms with van der Waals surface area (Å²) in [5.41, 5.74) is 1.63. The van der Waals surface area contributed by atoms with Crippen LogP contribution in [0.25, 0.3) is 0 Å². The van der Waals surface area contributed by atoms with Gasteiger partial charge in [0.15, 0.2) is 0 Å². The predicted octanol–water partition coefficient (Wildman–Crippen LogP) is 3.72. The Morgan fingerprint density at radius 3 is 2.35 bits per heavy atom. The third-order valence-corrected chi connectivity index (χ3v) is 6.16. The molecule has 0 bridgehead atoms. The number of benzene rings is 2. The minimum absolute atomic E-state index is 0.0282. The van der Waals surface area contributed by atoms with Crippen LogP contribution in [-0.2, 0) is 25.7 Å². The molecule has 2 atom stereocenters. The SMILES string of the molecule is COCC(=O)N[C@H](c1ccccc1OCc1ccccc1)[C@H](C)C(=O)C(=O)NC1CCCCC1. The molecule has 7 nitrogen and oxygen atoms in total. The third kappa shape index (κ3) is 7.15. The average Bonchev–Trinajstić information content (AvgIpc) is 2.87. The fourth-order valence-electron chi connectivity index (χ4n) is 4.28. The zero-order valence-electron chi connectivity index (χ0n) is 19.9. The van der Waals surface area contributed by atoms with E-state index >= 15 is 0 Å². The van der Waals surface area contributed by atoms with Gasteiger partial charge in [0.05, 0.1) is 6.04 Å². The molecule has 2 N–H and O–H groups in total. The summed E-state index contributed by atoms with van der Waals surface area (Å²) in [6.45, 7) is 1.84. The first-order chi connectivity index (χ1) is 16.5. The first-order valence-corrected chi connectivity index (χ1v) is 11.9. The molecule has 0 spiro atoms. The highest BCUT2D eigenvalue weighted by molar-refractivity contribution is 6.37. The van der Waals surface area contributed by atoms with Crippen LogP contribution >= 0.6 is 0 Å². The van der Waals surface area contributed by atoms with Gasteiger partial charge in [-0.3, -0.25) is 14.4 Å². The van der Waals surface area contributed by atoms with Gasteiger partial charge in [0, 0.05) is 24.6 Å². The lowest BCUT2D eigenvalue weighted by Crippen LogP contribution is -2.45. The second-order valence-corrected chi connectivity index (χ2v) is 8.75. The maximum absolute atomic E-state index is 13.1. The van der Waals surface area contributed by atoms with Gasteiger partial charge >= 0.3 is 0 Å². The Kier molecular flexibility index (Phi) is 9.64. The Balaban J connectivity index is 1.80. The second-order valence-electron chi connectivity index (χ2n) is 8.75. The van der Waals surface area contributed by atoms with E-state index in [1.807, 2.05) is 42.5 Å². The number of methoxy groups -OCH3 is 1. The number of nitrogens with one attached hydrogen (secondary N) is 2. The number of carbonyl (C=O) groups is 3. The van der Waals surface area contributed by atoms with E-state index in [1.165, 1.54) is 7.11 Å². The molecule has 3 rings (SSSR count). The van der Waals surface area contributed by atoms with Gasteiger partial charge in [0.25, 0.3) is 5.91 Å². The smallest absolute Gasteiger partial charge is 0.287 e. The molecule has 1 aliphatic carbocycles. The Bertz CT molecular complexity index is 957. The Morgan fingerprint density at radius 2 is 1.65 bits per heavy atom. The van der Waals surface area contributed by atoms with Crippen LogP contribution in [0.5, 0.6) is 5.75 Å². The van der Waals surface area contributed by atoms with Crippen molar-refractivity contribution >= 4 is 17.6 Å². The average molecular weight is 467 g/mol. The van der Waals surface area contributed by atoms with Crippen LogP contribution in [0.1, 0.15) is 56.2 Å². The fourth-order valence-corrected chi connectivity index (χ4v) is 4.28. The van der Waals surface area contributed by atoms with Crippen molar-refractivity contribution < 1.29 is 23.9 Å². The van der Waals surface area contributed by atoms with Crippen LogP contribution in [0, 0.1) is 5.92 Å². The highest BCUT2D eigenvalue weighted by Gasteiger charge is 2.33. The highest BCUT2D eigenvalue weighted by Crippen LogP contribution is 2.31. The Morgan fingerprint density at radius 1 is 0.971 bits per heavy atom.